The zero-order valence-electron chi connectivity index (χ0n) is 18.5. The van der Waals surface area contributed by atoms with E-state index in [-0.39, 0.29) is 34.5 Å². The van der Waals surface area contributed by atoms with E-state index >= 15 is 0 Å². The maximum Gasteiger partial charge on any atom is 0.294 e. The summed E-state index contributed by atoms with van der Waals surface area (Å²) in [4.78, 5) is 42.0. The fourth-order valence-electron chi connectivity index (χ4n) is 4.22. The van der Waals surface area contributed by atoms with Gasteiger partial charge in [0, 0.05) is 31.1 Å². The summed E-state index contributed by atoms with van der Waals surface area (Å²) in [7, 11) is 1.54. The number of carbonyl (C=O) groups excluding carboxylic acids is 3. The van der Waals surface area contributed by atoms with Gasteiger partial charge in [-0.25, -0.2) is 13.8 Å². The third-order valence-electron chi connectivity index (χ3n) is 6.10. The van der Waals surface area contributed by atoms with E-state index in [0.29, 0.717) is 5.69 Å². The van der Waals surface area contributed by atoms with Crippen molar-refractivity contribution in [1.29, 1.82) is 0 Å². The molecule has 32 heavy (non-hydrogen) atoms. The number of Topliss-reactive ketones (excluding diaryl/α,β-unsaturated/α-hetero) is 1. The lowest BCUT2D eigenvalue weighted by Crippen LogP contribution is -2.63. The number of nitrogens with zero attached hydrogens (tertiary/aromatic N) is 2. The molecule has 1 saturated carbocycles. The van der Waals surface area contributed by atoms with Crippen LogP contribution in [0.15, 0.2) is 12.3 Å². The van der Waals surface area contributed by atoms with Gasteiger partial charge in [-0.2, -0.15) is 4.39 Å². The molecule has 0 aliphatic heterocycles. The first-order valence-corrected chi connectivity index (χ1v) is 10.1. The van der Waals surface area contributed by atoms with Crippen LogP contribution in [-0.4, -0.2) is 38.6 Å². The summed E-state index contributed by atoms with van der Waals surface area (Å²) in [5.74, 6) is -5.96. The number of alkyl halides is 2. The average Bonchev–Trinajstić information content (AvgIpc) is 2.91. The number of hydrogen-bond acceptors (Lipinski definition) is 4. The van der Waals surface area contributed by atoms with Crippen molar-refractivity contribution in [2.75, 3.05) is 5.32 Å². The van der Waals surface area contributed by atoms with Gasteiger partial charge >= 0.3 is 0 Å². The molecule has 1 aliphatic carbocycles. The quantitative estimate of drug-likeness (QED) is 0.400. The molecule has 10 heteroatoms. The molecule has 0 aromatic carbocycles. The number of amides is 2. The molecule has 0 atom stereocenters. The van der Waals surface area contributed by atoms with Crippen LogP contribution in [0.2, 0.25) is 0 Å². The normalized spacial score (nSPS) is 16.2. The van der Waals surface area contributed by atoms with Crippen LogP contribution in [0.1, 0.15) is 63.9 Å². The van der Waals surface area contributed by atoms with E-state index in [9.17, 15) is 27.6 Å². The summed E-state index contributed by atoms with van der Waals surface area (Å²) in [6.07, 6.45) is 0.413. The van der Waals surface area contributed by atoms with Crippen LogP contribution >= 0.6 is 0 Å². The largest absolute Gasteiger partial charge is 0.344 e. The Hall–Kier alpha value is -3.17. The Morgan fingerprint density at radius 2 is 1.81 bits per heavy atom. The molecule has 0 bridgehead atoms. The number of ketones is 1. The van der Waals surface area contributed by atoms with Crippen LogP contribution < -0.4 is 10.6 Å². The lowest BCUT2D eigenvalue weighted by atomic mass is 9.71. The summed E-state index contributed by atoms with van der Waals surface area (Å²) in [6, 6.07) is 1.42. The molecule has 1 fully saturated rings. The van der Waals surface area contributed by atoms with Crippen LogP contribution in [0, 0.1) is 26.7 Å². The lowest BCUT2D eigenvalue weighted by molar-refractivity contribution is -0.145. The number of hydrogen-bond donors (Lipinski definition) is 2. The molecule has 2 amide bonds. The lowest BCUT2D eigenvalue weighted by Gasteiger charge is -2.47. The first-order chi connectivity index (χ1) is 14.8. The fourth-order valence-corrected chi connectivity index (χ4v) is 4.22. The molecule has 2 aromatic heterocycles. The van der Waals surface area contributed by atoms with Crippen LogP contribution in [0.5, 0.6) is 0 Å². The molecule has 172 valence electrons. The highest BCUT2D eigenvalue weighted by atomic mass is 19.3. The van der Waals surface area contributed by atoms with Gasteiger partial charge in [0.2, 0.25) is 5.95 Å². The molecule has 1 aliphatic rings. The van der Waals surface area contributed by atoms with Gasteiger partial charge < -0.3 is 15.2 Å². The van der Waals surface area contributed by atoms with Crippen molar-refractivity contribution in [3.63, 3.8) is 0 Å². The molecule has 3 rings (SSSR count). The zero-order valence-corrected chi connectivity index (χ0v) is 18.5. The smallest absolute Gasteiger partial charge is 0.294 e. The average molecular weight is 450 g/mol. The van der Waals surface area contributed by atoms with E-state index in [4.69, 9.17) is 0 Å². The van der Waals surface area contributed by atoms with Gasteiger partial charge in [-0.1, -0.05) is 6.92 Å². The molecule has 0 spiro atoms. The molecular weight excluding hydrogens is 425 g/mol. The van der Waals surface area contributed by atoms with Crippen molar-refractivity contribution in [3.05, 3.63) is 46.3 Å². The van der Waals surface area contributed by atoms with Gasteiger partial charge in [-0.3, -0.25) is 14.4 Å². The van der Waals surface area contributed by atoms with Gasteiger partial charge in [-0.15, -0.1) is 0 Å². The third kappa shape index (κ3) is 4.13. The molecule has 0 unspecified atom stereocenters. The molecule has 2 N–H and O–H groups in total. The first-order valence-electron chi connectivity index (χ1n) is 10.1. The van der Waals surface area contributed by atoms with Gasteiger partial charge in [0.1, 0.15) is 0 Å². The highest BCUT2D eigenvalue weighted by Crippen LogP contribution is 2.47. The van der Waals surface area contributed by atoms with Gasteiger partial charge in [0.05, 0.1) is 28.7 Å². The molecule has 0 saturated heterocycles. The van der Waals surface area contributed by atoms with Crippen LogP contribution in [0.4, 0.5) is 18.9 Å². The monoisotopic (exact) mass is 450 g/mol. The van der Waals surface area contributed by atoms with Crippen LogP contribution in [0.25, 0.3) is 0 Å². The van der Waals surface area contributed by atoms with Crippen molar-refractivity contribution in [3.8, 4) is 0 Å². The maximum absolute atomic E-state index is 13.4. The van der Waals surface area contributed by atoms with E-state index in [1.54, 1.807) is 13.8 Å². The number of aromatic nitrogens is 2. The van der Waals surface area contributed by atoms with Gasteiger partial charge in [0.25, 0.3) is 23.5 Å². The van der Waals surface area contributed by atoms with Gasteiger partial charge in [-0.05, 0) is 38.8 Å². The third-order valence-corrected chi connectivity index (χ3v) is 6.10. The maximum atomic E-state index is 13.4. The van der Waals surface area contributed by atoms with Crippen molar-refractivity contribution in [1.82, 2.24) is 14.9 Å². The fraction of sp³-hybridized carbons (Fsp3) is 0.455. The van der Waals surface area contributed by atoms with Crippen molar-refractivity contribution in [2.45, 2.75) is 58.4 Å². The Morgan fingerprint density at radius 3 is 2.34 bits per heavy atom. The van der Waals surface area contributed by atoms with Crippen molar-refractivity contribution < 1.29 is 27.6 Å². The molecule has 0 radical (unpaired) electrons. The van der Waals surface area contributed by atoms with E-state index in [0.717, 1.165) is 0 Å². The minimum atomic E-state index is -2.86. The van der Waals surface area contributed by atoms with Crippen LogP contribution in [-0.2, 0) is 11.8 Å². The SMILES string of the molecule is CCC1(NC(=O)C(=O)c2c(C)c(C(=O)Nc3cnc(F)c(C)c3)c(C)n2C)CC(F)(F)C1. The zero-order chi connectivity index (χ0) is 24.0. The summed E-state index contributed by atoms with van der Waals surface area (Å²) in [6.45, 7) is 6.33. The Balaban J connectivity index is 1.85. The Morgan fingerprint density at radius 1 is 1.19 bits per heavy atom. The number of halogens is 3. The predicted octanol–water partition coefficient (Wildman–Crippen LogP) is 3.61. The number of carbonyl (C=O) groups is 3. The second kappa shape index (κ2) is 8.07. The van der Waals surface area contributed by atoms with E-state index < -0.39 is 47.8 Å². The van der Waals surface area contributed by atoms with E-state index in [1.807, 2.05) is 0 Å². The molecular formula is C22H25F3N4O3. The number of anilines is 1. The second-order valence-corrected chi connectivity index (χ2v) is 8.41. The van der Waals surface area contributed by atoms with E-state index in [1.165, 1.54) is 37.7 Å². The highest BCUT2D eigenvalue weighted by Gasteiger charge is 2.56. The summed E-state index contributed by atoms with van der Waals surface area (Å²) in [5.41, 5.74) is 0.309. The first kappa shape index (κ1) is 23.5. The summed E-state index contributed by atoms with van der Waals surface area (Å²) < 4.78 is 41.6. The minimum Gasteiger partial charge on any atom is -0.344 e. The number of nitrogens with one attached hydrogen (secondary N) is 2. The molecule has 2 aromatic rings. The van der Waals surface area contributed by atoms with Crippen molar-refractivity contribution >= 4 is 23.3 Å². The number of aryl methyl sites for hydroxylation is 1. The van der Waals surface area contributed by atoms with Gasteiger partial charge in [0.15, 0.2) is 0 Å². The summed E-state index contributed by atoms with van der Waals surface area (Å²) in [5, 5.41) is 5.09. The molecule has 7 nitrogen and oxygen atoms in total. The highest BCUT2D eigenvalue weighted by molar-refractivity contribution is 6.43. The predicted molar refractivity (Wildman–Crippen MR) is 111 cm³/mol. The topological polar surface area (TPSA) is 93.1 Å². The Bertz CT molecular complexity index is 1120. The standard InChI is InChI=1S/C22H25F3N4O3/c1-6-21(9-22(24,25)10-21)28-20(32)17(30)16-12(3)15(13(4)29(16)5)19(31)27-14-7-11(2)18(23)26-8-14/h7-8H,6,9-10H2,1-5H3,(H,27,31)(H,28,32). The number of rotatable bonds is 6. The Kier molecular flexibility index (Phi) is 5.92. The van der Waals surface area contributed by atoms with Crippen LogP contribution in [0.3, 0.4) is 0 Å². The minimum absolute atomic E-state index is 0.00380. The summed E-state index contributed by atoms with van der Waals surface area (Å²) >= 11 is 0. The molecule has 2 heterocycles. The second-order valence-electron chi connectivity index (χ2n) is 8.41. The number of pyridine rings is 1. The Labute approximate surface area is 183 Å². The van der Waals surface area contributed by atoms with Crippen molar-refractivity contribution in [2.24, 2.45) is 7.05 Å². The van der Waals surface area contributed by atoms with E-state index in [2.05, 4.69) is 15.6 Å².